The number of carbonyl (C=O) groups excluding carboxylic acids is 5. The zero-order chi connectivity index (χ0) is 39.2. The fraction of sp³-hybridized carbons (Fsp3) is 0.658. The first kappa shape index (κ1) is 39.4. The van der Waals surface area contributed by atoms with Crippen LogP contribution in [0, 0.1) is 17.8 Å². The van der Waals surface area contributed by atoms with E-state index in [0.717, 1.165) is 6.42 Å². The molecule has 5 aliphatic rings. The first-order valence-electron chi connectivity index (χ1n) is 18.8. The van der Waals surface area contributed by atoms with Crippen molar-refractivity contribution in [2.45, 2.75) is 121 Å². The van der Waals surface area contributed by atoms with Crippen molar-refractivity contribution in [2.24, 2.45) is 17.8 Å². The molecular weight excluding hydrogens is 721 g/mol. The number of amides is 4. The molecule has 16 heteroatoms. The molecule has 0 radical (unpaired) electrons. The molecule has 3 fully saturated rings. The summed E-state index contributed by atoms with van der Waals surface area (Å²) >= 11 is 0. The second-order valence-corrected chi connectivity index (χ2v) is 18.9. The second-order valence-electron chi connectivity index (χ2n) is 16.7. The van der Waals surface area contributed by atoms with Gasteiger partial charge in [-0.2, -0.15) is 0 Å². The summed E-state index contributed by atoms with van der Waals surface area (Å²) in [6.07, 6.45) is 4.83. The number of hydrogen-bond donors (Lipinski definition) is 3. The van der Waals surface area contributed by atoms with Crippen molar-refractivity contribution in [2.75, 3.05) is 19.8 Å². The molecule has 0 spiro atoms. The smallest absolute Gasteiger partial charge is 0.408 e. The van der Waals surface area contributed by atoms with Gasteiger partial charge in [0.15, 0.2) is 11.5 Å². The van der Waals surface area contributed by atoms with Crippen molar-refractivity contribution in [3.8, 4) is 11.5 Å². The molecule has 0 unspecified atom stereocenters. The largest absolute Gasteiger partial charge is 0.486 e. The monoisotopic (exact) mass is 772 g/mol. The highest BCUT2D eigenvalue weighted by Crippen LogP contribution is 2.47. The summed E-state index contributed by atoms with van der Waals surface area (Å²) in [4.78, 5) is 70.7. The minimum absolute atomic E-state index is 0.119. The lowest BCUT2D eigenvalue weighted by atomic mass is 9.88. The van der Waals surface area contributed by atoms with Crippen LogP contribution in [0.4, 0.5) is 4.79 Å². The summed E-state index contributed by atoms with van der Waals surface area (Å²) in [7, 11) is -4.02. The number of carbonyl (C=O) groups is 5. The van der Waals surface area contributed by atoms with E-state index in [1.165, 1.54) is 17.0 Å². The van der Waals surface area contributed by atoms with E-state index in [1.807, 2.05) is 26.0 Å². The molecule has 0 bridgehead atoms. The zero-order valence-corrected chi connectivity index (χ0v) is 32.6. The summed E-state index contributed by atoms with van der Waals surface area (Å²) in [6.45, 7) is 11.1. The van der Waals surface area contributed by atoms with Gasteiger partial charge in [0.1, 0.15) is 42.5 Å². The molecule has 1 aromatic carbocycles. The van der Waals surface area contributed by atoms with Gasteiger partial charge in [0.2, 0.25) is 21.8 Å². The van der Waals surface area contributed by atoms with Gasteiger partial charge in [0.05, 0.1) is 16.9 Å². The van der Waals surface area contributed by atoms with Crippen LogP contribution >= 0.6 is 0 Å². The normalized spacial score (nSPS) is 30.7. The maximum Gasteiger partial charge on any atom is 0.408 e. The minimum Gasteiger partial charge on any atom is -0.486 e. The number of alkyl carbamates (subject to hydrolysis) is 1. The average Bonchev–Trinajstić information content (AvgIpc) is 3.97. The Morgan fingerprint density at radius 2 is 1.74 bits per heavy atom. The van der Waals surface area contributed by atoms with Gasteiger partial charge >= 0.3 is 12.1 Å². The lowest BCUT2D eigenvalue weighted by molar-refractivity contribution is -0.142. The van der Waals surface area contributed by atoms with Crippen molar-refractivity contribution in [3.05, 3.63) is 35.9 Å². The molecule has 2 aliphatic carbocycles. The lowest BCUT2D eigenvalue weighted by Crippen LogP contribution is -2.59. The molecule has 15 nitrogen and oxygen atoms in total. The first-order valence-corrected chi connectivity index (χ1v) is 20.3. The third-order valence-electron chi connectivity index (χ3n) is 11.0. The van der Waals surface area contributed by atoms with E-state index in [9.17, 15) is 32.4 Å². The maximum atomic E-state index is 14.6. The number of sulfonamides is 1. The third-order valence-corrected chi connectivity index (χ3v) is 13.1. The highest BCUT2D eigenvalue weighted by Gasteiger charge is 2.63. The summed E-state index contributed by atoms with van der Waals surface area (Å²) < 4.78 is 50.0. The van der Waals surface area contributed by atoms with Crippen LogP contribution in [0.2, 0.25) is 0 Å². The Kier molecular flexibility index (Phi) is 10.7. The van der Waals surface area contributed by atoms with Crippen molar-refractivity contribution in [1.29, 1.82) is 0 Å². The predicted molar refractivity (Wildman–Crippen MR) is 195 cm³/mol. The second kappa shape index (κ2) is 14.7. The van der Waals surface area contributed by atoms with Gasteiger partial charge in [-0.3, -0.25) is 19.1 Å². The number of fused-ring (bicyclic) bond motifs is 3. The topological polar surface area (TPSA) is 196 Å². The Morgan fingerprint density at radius 1 is 1.04 bits per heavy atom. The van der Waals surface area contributed by atoms with Crippen LogP contribution in [-0.4, -0.2) is 96.9 Å². The molecule has 7 atom stereocenters. The zero-order valence-electron chi connectivity index (χ0n) is 31.8. The quantitative estimate of drug-likeness (QED) is 0.284. The van der Waals surface area contributed by atoms with Gasteiger partial charge in [0, 0.05) is 12.3 Å². The van der Waals surface area contributed by atoms with Gasteiger partial charge in [-0.15, -0.1) is 0 Å². The highest BCUT2D eigenvalue weighted by atomic mass is 32.2. The number of ether oxygens (including phenoxy) is 4. The van der Waals surface area contributed by atoms with Crippen molar-refractivity contribution < 1.29 is 51.3 Å². The standard InChI is InChI=1S/C38H52N4O11S/c1-22-9-7-8-10-25-20-38(25,34(46)41-54(48,49)37(6)13-14-37)40-31(43)27-19-26(52-33(45)24-11-12-28-29(18-24)51-16-15-50-28)21-42(27)32(44)30(23(2)17-22)39-35(47)53-36(3,4)5/h8,10-12,18,22-23,25-27,30H,7,9,13-17,19-21H2,1-6H3,(H,39,47)(H,40,43)(H,41,46)/t22-,23+,25+,26+,27-,30-,38+/m0/s1. The minimum atomic E-state index is -4.02. The predicted octanol–water partition coefficient (Wildman–Crippen LogP) is 3.36. The fourth-order valence-corrected chi connectivity index (χ4v) is 8.73. The fourth-order valence-electron chi connectivity index (χ4n) is 7.42. The van der Waals surface area contributed by atoms with Crippen LogP contribution in [0.3, 0.4) is 0 Å². The number of esters is 1. The Hall–Kier alpha value is -4.34. The average molecular weight is 773 g/mol. The van der Waals surface area contributed by atoms with Crippen molar-refractivity contribution in [1.82, 2.24) is 20.3 Å². The van der Waals surface area contributed by atoms with E-state index in [2.05, 4.69) is 15.4 Å². The Morgan fingerprint density at radius 3 is 2.43 bits per heavy atom. The Balaban J connectivity index is 1.31. The lowest BCUT2D eigenvalue weighted by Gasteiger charge is -2.33. The van der Waals surface area contributed by atoms with Crippen LogP contribution in [0.15, 0.2) is 30.4 Å². The maximum absolute atomic E-state index is 14.6. The van der Waals surface area contributed by atoms with Gasteiger partial charge in [-0.25, -0.2) is 18.0 Å². The number of benzene rings is 1. The van der Waals surface area contributed by atoms with Gasteiger partial charge in [0.25, 0.3) is 5.91 Å². The highest BCUT2D eigenvalue weighted by molar-refractivity contribution is 7.91. The SMILES string of the molecule is C[C@H]1CCC=C[C@@H]2C[C@@]2(C(=O)NS(=O)(=O)C2(C)CC2)NC(=O)[C@@H]2C[C@@H](OC(=O)c3ccc4c(c3)OCCO4)CN2C(=O)[C@@H](NC(=O)OC(C)(C)C)[C@H](C)C1. The van der Waals surface area contributed by atoms with Crippen LogP contribution < -0.4 is 24.8 Å². The third kappa shape index (κ3) is 8.47. The molecule has 54 heavy (non-hydrogen) atoms. The first-order chi connectivity index (χ1) is 25.3. The van der Waals surface area contributed by atoms with Crippen LogP contribution in [0.1, 0.15) is 96.8 Å². The molecule has 1 aromatic rings. The summed E-state index contributed by atoms with van der Waals surface area (Å²) in [5.74, 6) is -2.73. The Bertz CT molecular complexity index is 1820. The number of nitrogens with one attached hydrogen (secondary N) is 3. The summed E-state index contributed by atoms with van der Waals surface area (Å²) in [5.41, 5.74) is -2.24. The van der Waals surface area contributed by atoms with E-state index in [4.69, 9.17) is 18.9 Å². The summed E-state index contributed by atoms with van der Waals surface area (Å²) in [5, 5.41) is 5.58. The molecule has 2 saturated carbocycles. The van der Waals surface area contributed by atoms with Gasteiger partial charge in [-0.05, 0) is 96.3 Å². The Labute approximate surface area is 316 Å². The molecule has 3 heterocycles. The van der Waals surface area contributed by atoms with Crippen LogP contribution in [0.5, 0.6) is 11.5 Å². The van der Waals surface area contributed by atoms with E-state index >= 15 is 0 Å². The van der Waals surface area contributed by atoms with Gasteiger partial charge < -0.3 is 34.5 Å². The van der Waals surface area contributed by atoms with Crippen LogP contribution in [-0.2, 0) is 33.9 Å². The number of allylic oxidation sites excluding steroid dienone is 1. The van der Waals surface area contributed by atoms with E-state index in [1.54, 1.807) is 33.8 Å². The molecule has 4 amide bonds. The summed E-state index contributed by atoms with van der Waals surface area (Å²) in [6, 6.07) is 2.29. The van der Waals surface area contributed by atoms with Gasteiger partial charge in [-0.1, -0.05) is 26.0 Å². The number of rotatable bonds is 6. The van der Waals surface area contributed by atoms with E-state index in [-0.39, 0.29) is 30.9 Å². The molecule has 296 valence electrons. The number of hydrogen-bond acceptors (Lipinski definition) is 11. The van der Waals surface area contributed by atoms with Crippen molar-refractivity contribution >= 4 is 39.8 Å². The van der Waals surface area contributed by atoms with E-state index in [0.29, 0.717) is 50.4 Å². The molecule has 1 saturated heterocycles. The molecule has 3 N–H and O–H groups in total. The van der Waals surface area contributed by atoms with Crippen LogP contribution in [0.25, 0.3) is 0 Å². The molecule has 6 rings (SSSR count). The molecular formula is C38H52N4O11S. The number of nitrogens with zero attached hydrogens (tertiary/aromatic N) is 1. The van der Waals surface area contributed by atoms with E-state index < -0.39 is 85.7 Å². The molecule has 0 aromatic heterocycles. The van der Waals surface area contributed by atoms with Crippen molar-refractivity contribution in [3.63, 3.8) is 0 Å². The molecule has 3 aliphatic heterocycles.